The molecule has 1 aliphatic heterocycles. The molecule has 1 saturated heterocycles. The molecule has 0 bridgehead atoms. The van der Waals surface area contributed by atoms with Crippen LogP contribution in [0.3, 0.4) is 0 Å². The van der Waals surface area contributed by atoms with E-state index in [0.717, 1.165) is 31.8 Å². The molecule has 3 rings (SSSR count). The fraction of sp³-hybridized carbons (Fsp3) is 0.389. The van der Waals surface area contributed by atoms with Crippen LogP contribution < -0.4 is 5.32 Å². The minimum absolute atomic E-state index is 0.0166. The summed E-state index contributed by atoms with van der Waals surface area (Å²) in [5, 5.41) is 12.9. The molecule has 128 valence electrons. The molecule has 0 radical (unpaired) electrons. The number of morpholine rings is 1. The number of benzene rings is 1. The summed E-state index contributed by atoms with van der Waals surface area (Å²) < 4.78 is 7.57. The first-order valence-corrected chi connectivity index (χ1v) is 8.18. The largest absolute Gasteiger partial charge is 0.507 e. The summed E-state index contributed by atoms with van der Waals surface area (Å²) in [6.07, 6.45) is 4.69. The van der Waals surface area contributed by atoms with Gasteiger partial charge in [0.15, 0.2) is 0 Å². The van der Waals surface area contributed by atoms with Gasteiger partial charge in [0.25, 0.3) is 5.91 Å². The van der Waals surface area contributed by atoms with E-state index in [1.54, 1.807) is 18.2 Å². The topological polar surface area (TPSA) is 66.7 Å². The maximum atomic E-state index is 12.4. The van der Waals surface area contributed by atoms with Gasteiger partial charge in [0.2, 0.25) is 0 Å². The van der Waals surface area contributed by atoms with Crippen LogP contribution in [-0.2, 0) is 4.74 Å². The van der Waals surface area contributed by atoms with Gasteiger partial charge in [0.05, 0.1) is 18.3 Å². The van der Waals surface area contributed by atoms with E-state index >= 15 is 0 Å². The maximum Gasteiger partial charge on any atom is 0.255 e. The number of aromatic nitrogens is 1. The van der Waals surface area contributed by atoms with Gasteiger partial charge in [-0.05, 0) is 43.8 Å². The molecule has 1 fully saturated rings. The fourth-order valence-electron chi connectivity index (χ4n) is 2.86. The third-order valence-corrected chi connectivity index (χ3v) is 4.22. The Balaban J connectivity index is 1.59. The number of hydrogen-bond donors (Lipinski definition) is 2. The Kier molecular flexibility index (Phi) is 5.17. The predicted molar refractivity (Wildman–Crippen MR) is 91.6 cm³/mol. The summed E-state index contributed by atoms with van der Waals surface area (Å²) in [6, 6.07) is 8.83. The van der Waals surface area contributed by atoms with Crippen molar-refractivity contribution in [3.63, 3.8) is 0 Å². The van der Waals surface area contributed by atoms with E-state index in [1.165, 1.54) is 0 Å². The van der Waals surface area contributed by atoms with Crippen molar-refractivity contribution in [1.82, 2.24) is 14.8 Å². The van der Waals surface area contributed by atoms with E-state index in [1.807, 2.05) is 29.1 Å². The smallest absolute Gasteiger partial charge is 0.255 e. The molecule has 24 heavy (non-hydrogen) atoms. The molecule has 1 amide bonds. The second kappa shape index (κ2) is 7.51. The number of amides is 1. The van der Waals surface area contributed by atoms with E-state index in [2.05, 4.69) is 17.3 Å². The predicted octanol–water partition coefficient (Wildman–Crippen LogP) is 1.63. The van der Waals surface area contributed by atoms with Crippen molar-refractivity contribution >= 4 is 5.91 Å². The van der Waals surface area contributed by atoms with E-state index in [0.29, 0.717) is 6.54 Å². The van der Waals surface area contributed by atoms with Crippen molar-refractivity contribution in [3.05, 3.63) is 48.3 Å². The van der Waals surface area contributed by atoms with Gasteiger partial charge in [0, 0.05) is 37.7 Å². The zero-order valence-electron chi connectivity index (χ0n) is 13.8. The number of aromatic hydroxyl groups is 1. The molecular formula is C18H23N3O3. The summed E-state index contributed by atoms with van der Waals surface area (Å²) >= 11 is 0. The number of carbonyl (C=O) groups excluding carboxylic acids is 1. The molecular weight excluding hydrogens is 306 g/mol. The highest BCUT2D eigenvalue weighted by atomic mass is 16.5. The van der Waals surface area contributed by atoms with Gasteiger partial charge >= 0.3 is 0 Å². The second-order valence-corrected chi connectivity index (χ2v) is 6.09. The number of phenols is 1. The Morgan fingerprint density at radius 2 is 2.17 bits per heavy atom. The molecule has 1 aromatic carbocycles. The molecule has 0 aliphatic carbocycles. The Morgan fingerprint density at radius 3 is 2.92 bits per heavy atom. The van der Waals surface area contributed by atoms with Crippen molar-refractivity contribution in [3.8, 4) is 11.4 Å². The average molecular weight is 329 g/mol. The lowest BCUT2D eigenvalue weighted by Crippen LogP contribution is -2.41. The molecule has 0 spiro atoms. The highest BCUT2D eigenvalue weighted by Crippen LogP contribution is 2.21. The van der Waals surface area contributed by atoms with Crippen LogP contribution in [0.4, 0.5) is 0 Å². The normalized spacial score (nSPS) is 18.5. The van der Waals surface area contributed by atoms with Gasteiger partial charge in [-0.15, -0.1) is 0 Å². The van der Waals surface area contributed by atoms with Crippen molar-refractivity contribution in [2.45, 2.75) is 12.5 Å². The molecule has 6 heteroatoms. The molecule has 2 heterocycles. The molecule has 1 aliphatic rings. The monoisotopic (exact) mass is 329 g/mol. The Hall–Kier alpha value is -2.31. The lowest BCUT2D eigenvalue weighted by Gasteiger charge is -2.30. The third-order valence-electron chi connectivity index (χ3n) is 4.22. The number of ether oxygens (including phenoxy) is 1. The van der Waals surface area contributed by atoms with Gasteiger partial charge in [0.1, 0.15) is 5.75 Å². The van der Waals surface area contributed by atoms with Crippen LogP contribution in [0.25, 0.3) is 5.69 Å². The number of rotatable bonds is 5. The van der Waals surface area contributed by atoms with Gasteiger partial charge in [-0.3, -0.25) is 4.79 Å². The summed E-state index contributed by atoms with van der Waals surface area (Å²) in [7, 11) is 2.07. The first kappa shape index (κ1) is 16.5. The minimum Gasteiger partial charge on any atom is -0.507 e. The van der Waals surface area contributed by atoms with E-state index in [-0.39, 0.29) is 23.3 Å². The maximum absolute atomic E-state index is 12.4. The van der Waals surface area contributed by atoms with Crippen LogP contribution in [0, 0.1) is 0 Å². The van der Waals surface area contributed by atoms with Crippen LogP contribution in [0.1, 0.15) is 16.8 Å². The van der Waals surface area contributed by atoms with Gasteiger partial charge in [-0.1, -0.05) is 0 Å². The van der Waals surface area contributed by atoms with E-state index < -0.39 is 0 Å². The molecule has 2 aromatic rings. The molecule has 0 unspecified atom stereocenters. The highest BCUT2D eigenvalue weighted by Gasteiger charge is 2.18. The molecule has 6 nitrogen and oxygen atoms in total. The van der Waals surface area contributed by atoms with Crippen molar-refractivity contribution in [1.29, 1.82) is 0 Å². The first-order valence-electron chi connectivity index (χ1n) is 8.18. The van der Waals surface area contributed by atoms with Crippen LogP contribution in [0.5, 0.6) is 5.75 Å². The highest BCUT2D eigenvalue weighted by molar-refractivity contribution is 5.97. The zero-order chi connectivity index (χ0) is 16.9. The number of carbonyl (C=O) groups is 1. The number of likely N-dealkylation sites (N-methyl/N-ethyl adjacent to an activating group) is 1. The average Bonchev–Trinajstić information content (AvgIpc) is 3.10. The van der Waals surface area contributed by atoms with Crippen LogP contribution >= 0.6 is 0 Å². The molecule has 1 atom stereocenters. The zero-order valence-corrected chi connectivity index (χ0v) is 13.8. The SMILES string of the molecule is CN1CCO[C@@H](CCNC(=O)c2cc(-n3cccc3)ccc2O)C1. The van der Waals surface area contributed by atoms with E-state index in [9.17, 15) is 9.90 Å². The van der Waals surface area contributed by atoms with Crippen LogP contribution in [-0.4, -0.2) is 59.9 Å². The Bertz CT molecular complexity index is 685. The quantitative estimate of drug-likeness (QED) is 0.875. The van der Waals surface area contributed by atoms with Gasteiger partial charge in [-0.25, -0.2) is 0 Å². The Labute approximate surface area is 141 Å². The summed E-state index contributed by atoms with van der Waals surface area (Å²) in [6.45, 7) is 3.08. The number of nitrogens with one attached hydrogen (secondary N) is 1. The van der Waals surface area contributed by atoms with Crippen LogP contribution in [0.15, 0.2) is 42.7 Å². The number of nitrogens with zero attached hydrogens (tertiary/aromatic N) is 2. The Morgan fingerprint density at radius 1 is 1.38 bits per heavy atom. The van der Waals surface area contributed by atoms with Crippen molar-refractivity contribution < 1.29 is 14.6 Å². The number of hydrogen-bond acceptors (Lipinski definition) is 4. The fourth-order valence-corrected chi connectivity index (χ4v) is 2.86. The molecule has 0 saturated carbocycles. The van der Waals surface area contributed by atoms with Crippen LogP contribution in [0.2, 0.25) is 0 Å². The van der Waals surface area contributed by atoms with Crippen molar-refractivity contribution in [2.24, 2.45) is 0 Å². The van der Waals surface area contributed by atoms with Crippen molar-refractivity contribution in [2.75, 3.05) is 33.3 Å². The van der Waals surface area contributed by atoms with Gasteiger partial charge in [-0.2, -0.15) is 0 Å². The molecule has 1 aromatic heterocycles. The van der Waals surface area contributed by atoms with Gasteiger partial charge < -0.3 is 24.6 Å². The second-order valence-electron chi connectivity index (χ2n) is 6.09. The third kappa shape index (κ3) is 3.96. The summed E-state index contributed by atoms with van der Waals surface area (Å²) in [4.78, 5) is 14.6. The first-order chi connectivity index (χ1) is 11.6. The lowest BCUT2D eigenvalue weighted by atomic mass is 10.1. The lowest BCUT2D eigenvalue weighted by molar-refractivity contribution is -0.0226. The standard InChI is InChI=1S/C18H23N3O3/c1-20-10-11-24-15(13-20)6-7-19-18(23)16-12-14(4-5-17(16)22)21-8-2-3-9-21/h2-5,8-9,12,15,22H,6-7,10-11,13H2,1H3,(H,19,23)/t15-/m0/s1. The summed E-state index contributed by atoms with van der Waals surface area (Å²) in [5.74, 6) is -0.289. The minimum atomic E-state index is -0.273. The van der Waals surface area contributed by atoms with E-state index in [4.69, 9.17) is 4.74 Å². The summed E-state index contributed by atoms with van der Waals surface area (Å²) in [5.41, 5.74) is 1.11. The molecule has 2 N–H and O–H groups in total. The number of phenolic OH excluding ortho intramolecular Hbond substituents is 1.